The standard InChI is InChI=1S/2C11H11F5.C11H12F4.C11H13F3.C10H12BrF.C10H12ClF.2C10H12F2.C9H9F3/c2*1-5(2)7-3-6(10(13)14)4-8(9(7)12)11(15)16;1-6(2)8-4-7(3)5-9(10(8)12)11(13,14)15;1-6(2)8-4-7(3)5-9(10(8)12)11(13)14;2*1-6(2)8-4-7(3)5-9(11)10(8)12;1-6(2)8-4-7(3)9(11)5-10(8)12;1-6(2)8-4-7(3)5-9(11)10(8)12;1-5(2)9-7(11)3-6(10)4-8(9)12/h2*3-5,10-11H,1-2H3;4-6H,1-3H3;4-6,11H,1-3H3;4*4-6H,1-3H3;3-5H,1-2H3. The zero-order valence-electron chi connectivity index (χ0n) is 71.6. The molecule has 0 spiro atoms. The van der Waals surface area contributed by atoms with Crippen molar-refractivity contribution in [2.75, 3.05) is 0 Å². The quantitative estimate of drug-likeness (QED) is 0.0952. The van der Waals surface area contributed by atoms with Gasteiger partial charge in [0.1, 0.15) is 64.0 Å². The molecule has 121 heavy (non-hydrogen) atoms. The molecule has 0 saturated heterocycles. The highest BCUT2D eigenvalue weighted by Gasteiger charge is 2.36. The van der Waals surface area contributed by atoms with Crippen LogP contribution in [-0.2, 0) is 6.18 Å². The van der Waals surface area contributed by atoms with Crippen LogP contribution in [0, 0.1) is 117 Å². The van der Waals surface area contributed by atoms with Crippen LogP contribution in [0.1, 0.15) is 327 Å². The lowest BCUT2D eigenvalue weighted by Crippen LogP contribution is -2.11. The van der Waals surface area contributed by atoms with Crippen molar-refractivity contribution < 1.29 is 114 Å². The molecule has 0 bridgehead atoms. The zero-order chi connectivity index (χ0) is 94.1. The minimum atomic E-state index is -4.63. The first-order chi connectivity index (χ1) is 55.4. The molecule has 672 valence electrons. The third kappa shape index (κ3) is 34.5. The number of alkyl halides is 13. The van der Waals surface area contributed by atoms with Crippen molar-refractivity contribution in [1.82, 2.24) is 0 Å². The first-order valence-electron chi connectivity index (χ1n) is 38.2. The summed E-state index contributed by atoms with van der Waals surface area (Å²) in [6.07, 6.45) is -19.3. The van der Waals surface area contributed by atoms with Gasteiger partial charge in [0.2, 0.25) is 0 Å². The largest absolute Gasteiger partial charge is 0.419 e. The molecule has 0 aliphatic carbocycles. The predicted octanol–water partition coefficient (Wildman–Crippen LogP) is 36.1. The van der Waals surface area contributed by atoms with Crippen molar-refractivity contribution in [3.63, 3.8) is 0 Å². The SMILES string of the molecule is CC(C)c1c(F)cc(F)cc1F.CC(C)c1cc(C(F)F)cc(C(F)F)c1F.CC(C)c1cc(C(F)F)cc(C(F)F)c1F.Cc1cc(Br)c(F)c(C(C)C)c1.Cc1cc(C(C)C)c(F)c(C(F)(F)F)c1.Cc1cc(C(C)C)c(F)c(C(F)F)c1.Cc1cc(C(C)C)c(F)cc1F.Cc1cc(Cl)c(F)c(C(C)C)c1.Cc1cc(F)c(F)c(C(C)C)c1. The molecular formula is C93H104BrClF26. The van der Waals surface area contributed by atoms with Crippen molar-refractivity contribution in [1.29, 1.82) is 0 Å². The monoisotopic (exact) mass is 1830 g/mol. The maximum absolute atomic E-state index is 13.5. The molecule has 9 aromatic carbocycles. The van der Waals surface area contributed by atoms with Gasteiger partial charge < -0.3 is 0 Å². The average Bonchev–Trinajstić information content (AvgIpc) is 0.804. The third-order valence-corrected chi connectivity index (χ3v) is 18.7. The fraction of sp³-hybridized carbons (Fsp3) is 0.419. The van der Waals surface area contributed by atoms with Crippen LogP contribution in [0.3, 0.4) is 0 Å². The topological polar surface area (TPSA) is 0 Å². The highest BCUT2D eigenvalue weighted by molar-refractivity contribution is 9.10. The van der Waals surface area contributed by atoms with Crippen LogP contribution in [0.25, 0.3) is 0 Å². The van der Waals surface area contributed by atoms with E-state index in [4.69, 9.17) is 11.6 Å². The van der Waals surface area contributed by atoms with Crippen LogP contribution in [0.5, 0.6) is 0 Å². The minimum absolute atomic E-state index is 0.0272. The number of halogens is 28. The average molecular weight is 1830 g/mol. The molecule has 0 N–H and O–H groups in total. The Morgan fingerprint density at radius 3 is 0.868 bits per heavy atom. The van der Waals surface area contributed by atoms with Crippen LogP contribution < -0.4 is 0 Å². The third-order valence-electron chi connectivity index (χ3n) is 17.8. The van der Waals surface area contributed by atoms with E-state index >= 15 is 0 Å². The fourth-order valence-electron chi connectivity index (χ4n) is 11.4. The van der Waals surface area contributed by atoms with Gasteiger partial charge in [0.25, 0.3) is 32.1 Å². The minimum Gasteiger partial charge on any atom is -0.207 e. The molecule has 0 radical (unpaired) electrons. The van der Waals surface area contributed by atoms with E-state index in [1.165, 1.54) is 25.1 Å². The second-order valence-corrected chi connectivity index (χ2v) is 32.5. The molecule has 0 atom stereocenters. The van der Waals surface area contributed by atoms with Gasteiger partial charge in [-0.2, -0.15) is 13.2 Å². The predicted molar refractivity (Wildman–Crippen MR) is 435 cm³/mol. The van der Waals surface area contributed by atoms with Crippen molar-refractivity contribution in [2.45, 2.75) is 258 Å². The summed E-state index contributed by atoms with van der Waals surface area (Å²) in [6, 6.07) is 22.0. The first kappa shape index (κ1) is 111. The van der Waals surface area contributed by atoms with Crippen LogP contribution >= 0.6 is 27.5 Å². The van der Waals surface area contributed by atoms with Gasteiger partial charge in [-0.15, -0.1) is 0 Å². The molecule has 0 saturated carbocycles. The van der Waals surface area contributed by atoms with E-state index in [2.05, 4.69) is 15.9 Å². The lowest BCUT2D eigenvalue weighted by atomic mass is 9.97. The van der Waals surface area contributed by atoms with Gasteiger partial charge in [-0.25, -0.2) is 101 Å². The van der Waals surface area contributed by atoms with E-state index in [0.717, 1.165) is 46.5 Å². The van der Waals surface area contributed by atoms with E-state index < -0.39 is 148 Å². The number of aryl methyl sites for hydroxylation is 6. The molecule has 0 aromatic heterocycles. The van der Waals surface area contributed by atoms with E-state index in [-0.39, 0.29) is 80.3 Å². The fourth-order valence-corrected chi connectivity index (χ4v) is 12.2. The van der Waals surface area contributed by atoms with Gasteiger partial charge in [0, 0.05) is 34.9 Å². The Morgan fingerprint density at radius 2 is 0.529 bits per heavy atom. The summed E-state index contributed by atoms with van der Waals surface area (Å²) in [7, 11) is 0. The Hall–Kier alpha value is -8.07. The van der Waals surface area contributed by atoms with Crippen LogP contribution in [0.4, 0.5) is 114 Å². The Kier molecular flexibility index (Phi) is 45.9. The molecule has 9 rings (SSSR count). The summed E-state index contributed by atoms with van der Waals surface area (Å²) >= 11 is 8.88. The summed E-state index contributed by atoms with van der Waals surface area (Å²) in [6.45, 7) is 42.3. The number of hydrogen-bond donors (Lipinski definition) is 0. The Labute approximate surface area is 707 Å². The lowest BCUT2D eigenvalue weighted by molar-refractivity contribution is -0.140. The molecule has 0 heterocycles. The maximum Gasteiger partial charge on any atom is 0.419 e. The Balaban J connectivity index is 0.000000682. The van der Waals surface area contributed by atoms with E-state index in [0.29, 0.717) is 67.7 Å². The maximum atomic E-state index is 13.5. The summed E-state index contributed by atoms with van der Waals surface area (Å²) in [4.78, 5) is 0. The lowest BCUT2D eigenvalue weighted by Gasteiger charge is -2.14. The van der Waals surface area contributed by atoms with Gasteiger partial charge >= 0.3 is 6.18 Å². The number of hydrogen-bond acceptors (Lipinski definition) is 0. The van der Waals surface area contributed by atoms with Gasteiger partial charge in [0.05, 0.1) is 31.7 Å². The van der Waals surface area contributed by atoms with Crippen LogP contribution in [0.2, 0.25) is 5.02 Å². The smallest absolute Gasteiger partial charge is 0.207 e. The van der Waals surface area contributed by atoms with Gasteiger partial charge in [-0.05, 0) is 232 Å². The highest BCUT2D eigenvalue weighted by Crippen LogP contribution is 2.39. The second kappa shape index (κ2) is 50.0. The number of rotatable bonds is 14. The Bertz CT molecular complexity index is 4460. The van der Waals surface area contributed by atoms with E-state index in [9.17, 15) is 114 Å². The van der Waals surface area contributed by atoms with Crippen molar-refractivity contribution >= 4 is 27.5 Å². The zero-order valence-corrected chi connectivity index (χ0v) is 73.9. The second-order valence-electron chi connectivity index (χ2n) is 31.2. The van der Waals surface area contributed by atoms with Crippen molar-refractivity contribution in [3.8, 4) is 0 Å². The summed E-state index contributed by atoms with van der Waals surface area (Å²) < 4.78 is 333. The van der Waals surface area contributed by atoms with E-state index in [1.54, 1.807) is 120 Å². The molecule has 0 amide bonds. The highest BCUT2D eigenvalue weighted by atomic mass is 79.9. The first-order valence-corrected chi connectivity index (χ1v) is 39.3. The van der Waals surface area contributed by atoms with Gasteiger partial charge in [0.15, 0.2) is 11.6 Å². The summed E-state index contributed by atoms with van der Waals surface area (Å²) in [5, 5.41) is 0.221. The van der Waals surface area contributed by atoms with Crippen molar-refractivity contribution in [3.05, 3.63) is 311 Å². The van der Waals surface area contributed by atoms with E-state index in [1.807, 2.05) is 81.4 Å². The van der Waals surface area contributed by atoms with Crippen LogP contribution in [0.15, 0.2) is 114 Å². The number of benzene rings is 9. The molecule has 0 aliphatic rings. The van der Waals surface area contributed by atoms with Gasteiger partial charge in [-0.3, -0.25) is 0 Å². The van der Waals surface area contributed by atoms with Crippen LogP contribution in [-0.4, -0.2) is 0 Å². The Morgan fingerprint density at radius 1 is 0.248 bits per heavy atom. The molecule has 9 aromatic rings. The summed E-state index contributed by atoms with van der Waals surface area (Å²) in [5.74, 6) is -10.3. The normalized spacial score (nSPS) is 11.4. The molecule has 28 heteroatoms. The molecule has 0 nitrogen and oxygen atoms in total. The molecule has 0 unspecified atom stereocenters. The molecular weight excluding hydrogens is 1730 g/mol. The van der Waals surface area contributed by atoms with Gasteiger partial charge in [-0.1, -0.05) is 184 Å². The van der Waals surface area contributed by atoms with Crippen molar-refractivity contribution in [2.24, 2.45) is 0 Å². The molecule has 0 aliphatic heterocycles. The summed E-state index contributed by atoms with van der Waals surface area (Å²) in [5.41, 5.74) is 2.44. The molecule has 0 fully saturated rings.